The van der Waals surface area contributed by atoms with E-state index in [-0.39, 0.29) is 18.1 Å². The zero-order valence-corrected chi connectivity index (χ0v) is 10.7. The van der Waals surface area contributed by atoms with E-state index >= 15 is 0 Å². The predicted octanol–water partition coefficient (Wildman–Crippen LogP) is 2.65. The fourth-order valence-electron chi connectivity index (χ4n) is 1.61. The smallest absolute Gasteiger partial charge is 0.123 e. The number of aryl methyl sites for hydroxylation is 1. The fourth-order valence-corrected chi connectivity index (χ4v) is 1.61. The quantitative estimate of drug-likeness (QED) is 0.782. The summed E-state index contributed by atoms with van der Waals surface area (Å²) in [4.78, 5) is 0. The van der Waals surface area contributed by atoms with Gasteiger partial charge in [0, 0.05) is 18.6 Å². The van der Waals surface area contributed by atoms with Gasteiger partial charge in [0.15, 0.2) is 0 Å². The molecule has 1 aromatic heterocycles. The van der Waals surface area contributed by atoms with Gasteiger partial charge in [-0.05, 0) is 31.9 Å². The van der Waals surface area contributed by atoms with Crippen LogP contribution in [0, 0.1) is 12.3 Å². The molecule has 3 heteroatoms. The van der Waals surface area contributed by atoms with E-state index in [1.165, 1.54) is 5.56 Å². The third kappa shape index (κ3) is 3.09. The summed E-state index contributed by atoms with van der Waals surface area (Å²) in [6.45, 7) is 9.31. The molecule has 16 heavy (non-hydrogen) atoms. The SMILES string of the molecule is CCC(C)(CO)CNC(C)c1occc1C. The largest absolute Gasteiger partial charge is 0.467 e. The van der Waals surface area contributed by atoms with Crippen LogP contribution in [0.3, 0.4) is 0 Å². The molecule has 1 rings (SSSR count). The third-order valence-corrected chi connectivity index (χ3v) is 3.37. The van der Waals surface area contributed by atoms with E-state index in [0.29, 0.717) is 0 Å². The maximum absolute atomic E-state index is 9.32. The van der Waals surface area contributed by atoms with Crippen molar-refractivity contribution in [1.82, 2.24) is 5.32 Å². The van der Waals surface area contributed by atoms with E-state index in [1.54, 1.807) is 6.26 Å². The van der Waals surface area contributed by atoms with Crippen LogP contribution in [-0.2, 0) is 0 Å². The van der Waals surface area contributed by atoms with Crippen LogP contribution in [0.15, 0.2) is 16.7 Å². The van der Waals surface area contributed by atoms with E-state index in [2.05, 4.69) is 26.1 Å². The van der Waals surface area contributed by atoms with Crippen molar-refractivity contribution in [3.8, 4) is 0 Å². The van der Waals surface area contributed by atoms with Crippen LogP contribution >= 0.6 is 0 Å². The van der Waals surface area contributed by atoms with Crippen molar-refractivity contribution in [2.24, 2.45) is 5.41 Å². The second-order valence-corrected chi connectivity index (χ2v) is 4.89. The lowest BCUT2D eigenvalue weighted by Crippen LogP contribution is -2.35. The van der Waals surface area contributed by atoms with Crippen LogP contribution < -0.4 is 5.32 Å². The fraction of sp³-hybridized carbons (Fsp3) is 0.692. The first-order chi connectivity index (χ1) is 7.52. The first-order valence-electron chi connectivity index (χ1n) is 5.90. The highest BCUT2D eigenvalue weighted by Crippen LogP contribution is 2.22. The molecule has 2 unspecified atom stereocenters. The van der Waals surface area contributed by atoms with E-state index in [1.807, 2.05) is 13.0 Å². The number of aliphatic hydroxyl groups excluding tert-OH is 1. The van der Waals surface area contributed by atoms with Gasteiger partial charge in [0.05, 0.1) is 12.3 Å². The monoisotopic (exact) mass is 225 g/mol. The van der Waals surface area contributed by atoms with Gasteiger partial charge in [0.2, 0.25) is 0 Å². The predicted molar refractivity (Wildman–Crippen MR) is 65.3 cm³/mol. The van der Waals surface area contributed by atoms with Crippen molar-refractivity contribution in [3.63, 3.8) is 0 Å². The van der Waals surface area contributed by atoms with Gasteiger partial charge >= 0.3 is 0 Å². The van der Waals surface area contributed by atoms with Crippen LogP contribution in [0.25, 0.3) is 0 Å². The highest BCUT2D eigenvalue weighted by molar-refractivity contribution is 5.17. The Labute approximate surface area is 97.9 Å². The minimum atomic E-state index is -0.0469. The number of furan rings is 1. The molecule has 0 aliphatic rings. The van der Waals surface area contributed by atoms with E-state index in [4.69, 9.17) is 4.42 Å². The lowest BCUT2D eigenvalue weighted by Gasteiger charge is -2.27. The molecule has 1 aromatic rings. The molecule has 0 aromatic carbocycles. The summed E-state index contributed by atoms with van der Waals surface area (Å²) in [6, 6.07) is 2.16. The first kappa shape index (κ1) is 13.3. The van der Waals surface area contributed by atoms with Crippen molar-refractivity contribution in [2.75, 3.05) is 13.2 Å². The summed E-state index contributed by atoms with van der Waals surface area (Å²) in [5, 5.41) is 12.7. The van der Waals surface area contributed by atoms with Crippen LogP contribution in [0.5, 0.6) is 0 Å². The molecule has 92 valence electrons. The van der Waals surface area contributed by atoms with Crippen molar-refractivity contribution < 1.29 is 9.52 Å². The minimum Gasteiger partial charge on any atom is -0.467 e. The summed E-state index contributed by atoms with van der Waals surface area (Å²) in [6.07, 6.45) is 2.67. The van der Waals surface area contributed by atoms with Crippen LogP contribution in [0.1, 0.15) is 44.6 Å². The van der Waals surface area contributed by atoms with E-state index < -0.39 is 0 Å². The topological polar surface area (TPSA) is 45.4 Å². The molecule has 0 bridgehead atoms. The molecule has 0 spiro atoms. The van der Waals surface area contributed by atoms with Gasteiger partial charge in [-0.1, -0.05) is 13.8 Å². The minimum absolute atomic E-state index is 0.0469. The zero-order valence-electron chi connectivity index (χ0n) is 10.7. The Balaban J connectivity index is 2.53. The lowest BCUT2D eigenvalue weighted by molar-refractivity contribution is 0.131. The van der Waals surface area contributed by atoms with Gasteiger partial charge < -0.3 is 14.8 Å². The first-order valence-corrected chi connectivity index (χ1v) is 5.90. The third-order valence-electron chi connectivity index (χ3n) is 3.37. The van der Waals surface area contributed by atoms with Gasteiger partial charge in [0.1, 0.15) is 5.76 Å². The van der Waals surface area contributed by atoms with Crippen LogP contribution in [0.4, 0.5) is 0 Å². The molecule has 0 aliphatic carbocycles. The molecule has 0 radical (unpaired) electrons. The maximum atomic E-state index is 9.32. The molecule has 3 nitrogen and oxygen atoms in total. The highest BCUT2D eigenvalue weighted by Gasteiger charge is 2.22. The molecular weight excluding hydrogens is 202 g/mol. The Bertz CT molecular complexity index is 315. The number of hydrogen-bond donors (Lipinski definition) is 2. The van der Waals surface area contributed by atoms with Gasteiger partial charge in [0.25, 0.3) is 0 Å². The summed E-state index contributed by atoms with van der Waals surface area (Å²) < 4.78 is 5.43. The summed E-state index contributed by atoms with van der Waals surface area (Å²) in [5.74, 6) is 0.983. The Hall–Kier alpha value is -0.800. The van der Waals surface area contributed by atoms with E-state index in [0.717, 1.165) is 18.7 Å². The standard InChI is InChI=1S/C13H23NO2/c1-5-13(4,9-15)8-14-11(3)12-10(2)6-7-16-12/h6-7,11,14-15H,5,8-9H2,1-4H3. The van der Waals surface area contributed by atoms with Gasteiger partial charge in [-0.2, -0.15) is 0 Å². The van der Waals surface area contributed by atoms with Crippen LogP contribution in [-0.4, -0.2) is 18.3 Å². The Morgan fingerprint density at radius 2 is 2.25 bits per heavy atom. The Kier molecular flexibility index (Phi) is 4.56. The summed E-state index contributed by atoms with van der Waals surface area (Å²) in [5.41, 5.74) is 1.12. The van der Waals surface area contributed by atoms with Crippen molar-refractivity contribution in [3.05, 3.63) is 23.7 Å². The number of rotatable bonds is 6. The molecule has 2 N–H and O–H groups in total. The molecule has 0 saturated carbocycles. The lowest BCUT2D eigenvalue weighted by atomic mass is 9.88. The van der Waals surface area contributed by atoms with Gasteiger partial charge in [-0.15, -0.1) is 0 Å². The Morgan fingerprint density at radius 3 is 2.69 bits per heavy atom. The number of nitrogens with one attached hydrogen (secondary N) is 1. The zero-order chi connectivity index (χ0) is 12.2. The van der Waals surface area contributed by atoms with E-state index in [9.17, 15) is 5.11 Å². The average Bonchev–Trinajstić information content (AvgIpc) is 2.72. The van der Waals surface area contributed by atoms with Crippen molar-refractivity contribution >= 4 is 0 Å². The second-order valence-electron chi connectivity index (χ2n) is 4.89. The van der Waals surface area contributed by atoms with Crippen molar-refractivity contribution in [1.29, 1.82) is 0 Å². The molecule has 0 fully saturated rings. The molecule has 0 amide bonds. The number of aliphatic hydroxyl groups is 1. The molecule has 0 aliphatic heterocycles. The molecule has 0 saturated heterocycles. The highest BCUT2D eigenvalue weighted by atomic mass is 16.3. The molecule has 1 heterocycles. The number of hydrogen-bond acceptors (Lipinski definition) is 3. The average molecular weight is 225 g/mol. The maximum Gasteiger partial charge on any atom is 0.123 e. The molecule has 2 atom stereocenters. The van der Waals surface area contributed by atoms with Gasteiger partial charge in [-0.3, -0.25) is 0 Å². The summed E-state index contributed by atoms with van der Waals surface area (Å²) >= 11 is 0. The molecular formula is C13H23NO2. The van der Waals surface area contributed by atoms with Crippen molar-refractivity contribution in [2.45, 2.75) is 40.2 Å². The normalized spacial score (nSPS) is 17.1. The van der Waals surface area contributed by atoms with Crippen LogP contribution in [0.2, 0.25) is 0 Å². The summed E-state index contributed by atoms with van der Waals surface area (Å²) in [7, 11) is 0. The Morgan fingerprint density at radius 1 is 1.56 bits per heavy atom. The van der Waals surface area contributed by atoms with Gasteiger partial charge in [-0.25, -0.2) is 0 Å². The second kappa shape index (κ2) is 5.51.